The average molecular weight is 382 g/mol. The quantitative estimate of drug-likeness (QED) is 0.812. The third kappa shape index (κ3) is 4.33. The molecule has 1 aromatic carbocycles. The summed E-state index contributed by atoms with van der Waals surface area (Å²) in [5, 5.41) is 2.25. The second-order valence-electron chi connectivity index (χ2n) is 5.80. The minimum Gasteiger partial charge on any atom is -0.313 e. The fraction of sp³-hybridized carbons (Fsp3) is 0.235. The Morgan fingerprint density at radius 1 is 1.15 bits per heavy atom. The van der Waals surface area contributed by atoms with E-state index in [0.717, 1.165) is 17.2 Å². The van der Waals surface area contributed by atoms with Crippen LogP contribution in [0.1, 0.15) is 5.56 Å². The molecule has 3 amide bonds. The highest BCUT2D eigenvalue weighted by Crippen LogP contribution is 2.30. The fourth-order valence-corrected chi connectivity index (χ4v) is 2.63. The van der Waals surface area contributed by atoms with Gasteiger partial charge in [0.2, 0.25) is 5.91 Å². The van der Waals surface area contributed by atoms with Crippen LogP contribution in [-0.4, -0.2) is 41.5 Å². The van der Waals surface area contributed by atoms with Crippen LogP contribution in [0.5, 0.6) is 0 Å². The topological polar surface area (TPSA) is 65.5 Å². The zero-order valence-electron chi connectivity index (χ0n) is 13.8. The van der Waals surface area contributed by atoms with Gasteiger partial charge in [-0.2, -0.15) is 13.2 Å². The third-order valence-corrected chi connectivity index (χ3v) is 3.95. The lowest BCUT2D eigenvalue weighted by Crippen LogP contribution is -2.53. The number of amides is 3. The molecule has 142 valence electrons. The Morgan fingerprint density at radius 2 is 1.93 bits per heavy atom. The van der Waals surface area contributed by atoms with Crippen LogP contribution in [0.4, 0.5) is 33.9 Å². The van der Waals surface area contributed by atoms with Crippen molar-refractivity contribution in [3.05, 3.63) is 54.0 Å². The molecule has 1 aromatic heterocycles. The highest BCUT2D eigenvalue weighted by molar-refractivity contribution is 5.99. The molecule has 0 saturated carbocycles. The average Bonchev–Trinajstić information content (AvgIpc) is 2.61. The number of pyridine rings is 1. The molecule has 1 saturated heterocycles. The number of halogens is 4. The van der Waals surface area contributed by atoms with Crippen molar-refractivity contribution in [3.63, 3.8) is 0 Å². The first-order valence-corrected chi connectivity index (χ1v) is 7.89. The summed E-state index contributed by atoms with van der Waals surface area (Å²) in [7, 11) is 0. The van der Waals surface area contributed by atoms with Gasteiger partial charge in [-0.15, -0.1) is 0 Å². The van der Waals surface area contributed by atoms with Crippen molar-refractivity contribution in [1.29, 1.82) is 0 Å². The summed E-state index contributed by atoms with van der Waals surface area (Å²) < 4.78 is 51.5. The maximum atomic E-state index is 13.3. The Bertz CT molecular complexity index is 872. The van der Waals surface area contributed by atoms with Crippen LogP contribution in [0.25, 0.3) is 0 Å². The number of anilines is 2. The van der Waals surface area contributed by atoms with Gasteiger partial charge in [0.15, 0.2) is 0 Å². The molecule has 3 rings (SSSR count). The first kappa shape index (κ1) is 18.6. The number of piperazine rings is 1. The minimum absolute atomic E-state index is 0.131. The summed E-state index contributed by atoms with van der Waals surface area (Å²) in [4.78, 5) is 30.7. The predicted octanol–water partition coefficient (Wildman–Crippen LogP) is 3.12. The Kier molecular flexibility index (Phi) is 4.98. The zero-order chi connectivity index (χ0) is 19.6. The lowest BCUT2D eigenvalue weighted by Gasteiger charge is -2.34. The maximum absolute atomic E-state index is 13.3. The van der Waals surface area contributed by atoms with Gasteiger partial charge in [-0.25, -0.2) is 14.2 Å². The van der Waals surface area contributed by atoms with Gasteiger partial charge in [-0.3, -0.25) is 10.1 Å². The SMILES string of the molecule is O=C(Nc1cc(C(F)(F)F)ccn1)N1CCN(c2cccc(F)c2)C(=O)C1. The van der Waals surface area contributed by atoms with Crippen molar-refractivity contribution in [1.82, 2.24) is 9.88 Å². The molecule has 0 aliphatic carbocycles. The number of carbonyl (C=O) groups excluding carboxylic acids is 2. The molecule has 0 spiro atoms. The Labute approximate surface area is 151 Å². The van der Waals surface area contributed by atoms with E-state index in [4.69, 9.17) is 0 Å². The van der Waals surface area contributed by atoms with E-state index in [1.165, 1.54) is 23.1 Å². The molecule has 6 nitrogen and oxygen atoms in total. The van der Waals surface area contributed by atoms with Gasteiger partial charge in [0.1, 0.15) is 18.2 Å². The number of nitrogens with one attached hydrogen (secondary N) is 1. The van der Waals surface area contributed by atoms with Gasteiger partial charge in [-0.1, -0.05) is 6.07 Å². The Balaban J connectivity index is 1.65. The summed E-state index contributed by atoms with van der Waals surface area (Å²) in [6.07, 6.45) is -3.62. The van der Waals surface area contributed by atoms with E-state index in [1.54, 1.807) is 6.07 Å². The highest BCUT2D eigenvalue weighted by atomic mass is 19.4. The van der Waals surface area contributed by atoms with Crippen LogP contribution in [0.15, 0.2) is 42.6 Å². The third-order valence-electron chi connectivity index (χ3n) is 3.95. The van der Waals surface area contributed by atoms with Crippen LogP contribution in [0.2, 0.25) is 0 Å². The molecule has 1 aliphatic rings. The van der Waals surface area contributed by atoms with Gasteiger partial charge in [0.05, 0.1) is 5.56 Å². The van der Waals surface area contributed by atoms with Gasteiger partial charge < -0.3 is 9.80 Å². The molecule has 0 bridgehead atoms. The van der Waals surface area contributed by atoms with Crippen LogP contribution in [0.3, 0.4) is 0 Å². The van der Waals surface area contributed by atoms with Gasteiger partial charge in [0.25, 0.3) is 0 Å². The summed E-state index contributed by atoms with van der Waals surface area (Å²) in [5.41, 5.74) is -0.570. The van der Waals surface area contributed by atoms with Gasteiger partial charge >= 0.3 is 12.2 Å². The number of rotatable bonds is 2. The molecular weight excluding hydrogens is 368 g/mol. The van der Waals surface area contributed by atoms with Crippen molar-refractivity contribution in [2.45, 2.75) is 6.18 Å². The lowest BCUT2D eigenvalue weighted by atomic mass is 10.2. The smallest absolute Gasteiger partial charge is 0.313 e. The number of urea groups is 1. The molecule has 0 unspecified atom stereocenters. The van der Waals surface area contributed by atoms with Crippen molar-refractivity contribution in [2.24, 2.45) is 0 Å². The fourth-order valence-electron chi connectivity index (χ4n) is 2.63. The molecule has 0 atom stereocenters. The van der Waals surface area contributed by atoms with Crippen molar-refractivity contribution in [3.8, 4) is 0 Å². The molecule has 1 N–H and O–H groups in total. The van der Waals surface area contributed by atoms with Crippen LogP contribution in [-0.2, 0) is 11.0 Å². The second-order valence-corrected chi connectivity index (χ2v) is 5.80. The molecule has 10 heteroatoms. The number of hydrogen-bond donors (Lipinski definition) is 1. The number of nitrogens with zero attached hydrogens (tertiary/aromatic N) is 3. The second kappa shape index (κ2) is 7.22. The molecule has 27 heavy (non-hydrogen) atoms. The zero-order valence-corrected chi connectivity index (χ0v) is 13.8. The standard InChI is InChI=1S/C17H14F4N4O2/c18-12-2-1-3-13(9-12)25-7-6-24(10-15(25)26)16(27)23-14-8-11(4-5-22-14)17(19,20)21/h1-5,8-9H,6-7,10H2,(H,22,23,27). The van der Waals surface area contributed by atoms with Crippen molar-refractivity contribution in [2.75, 3.05) is 29.9 Å². The normalized spacial score (nSPS) is 15.0. The van der Waals surface area contributed by atoms with E-state index in [9.17, 15) is 27.2 Å². The van der Waals surface area contributed by atoms with Crippen LogP contribution < -0.4 is 10.2 Å². The van der Waals surface area contributed by atoms with Crippen LogP contribution in [0, 0.1) is 5.82 Å². The number of carbonyl (C=O) groups is 2. The first-order chi connectivity index (χ1) is 12.7. The van der Waals surface area contributed by atoms with Crippen molar-refractivity contribution >= 4 is 23.4 Å². The molecular formula is C17H14F4N4O2. The molecule has 2 aromatic rings. The Hall–Kier alpha value is -3.17. The lowest BCUT2D eigenvalue weighted by molar-refractivity contribution is -0.137. The number of benzene rings is 1. The van der Waals surface area contributed by atoms with Crippen LogP contribution >= 0.6 is 0 Å². The number of aromatic nitrogens is 1. The summed E-state index contributed by atoms with van der Waals surface area (Å²) >= 11 is 0. The Morgan fingerprint density at radius 3 is 2.59 bits per heavy atom. The monoisotopic (exact) mass is 382 g/mol. The predicted molar refractivity (Wildman–Crippen MR) is 88.6 cm³/mol. The molecule has 1 fully saturated rings. The molecule has 1 aliphatic heterocycles. The van der Waals surface area contributed by atoms with E-state index in [0.29, 0.717) is 11.8 Å². The number of alkyl halides is 3. The number of hydrogen-bond acceptors (Lipinski definition) is 3. The van der Waals surface area contributed by atoms with Gasteiger partial charge in [0, 0.05) is 25.0 Å². The van der Waals surface area contributed by atoms with Crippen molar-refractivity contribution < 1.29 is 27.2 Å². The molecule has 0 radical (unpaired) electrons. The summed E-state index contributed by atoms with van der Waals surface area (Å²) in [5.74, 6) is -1.19. The van der Waals surface area contributed by atoms with E-state index in [-0.39, 0.29) is 25.5 Å². The van der Waals surface area contributed by atoms with E-state index >= 15 is 0 Å². The van der Waals surface area contributed by atoms with Gasteiger partial charge in [-0.05, 0) is 30.3 Å². The first-order valence-electron chi connectivity index (χ1n) is 7.89. The summed E-state index contributed by atoms with van der Waals surface area (Å²) in [6, 6.07) is 6.26. The summed E-state index contributed by atoms with van der Waals surface area (Å²) in [6.45, 7) is -0.0277. The minimum atomic E-state index is -4.56. The van der Waals surface area contributed by atoms with E-state index in [2.05, 4.69) is 10.3 Å². The van der Waals surface area contributed by atoms with E-state index < -0.39 is 29.5 Å². The van der Waals surface area contributed by atoms with E-state index in [1.807, 2.05) is 0 Å². The molecule has 2 heterocycles. The largest absolute Gasteiger partial charge is 0.416 e. The highest BCUT2D eigenvalue weighted by Gasteiger charge is 2.32. The maximum Gasteiger partial charge on any atom is 0.416 e.